The third kappa shape index (κ3) is 6.80. The summed E-state index contributed by atoms with van der Waals surface area (Å²) >= 11 is 0. The van der Waals surface area contributed by atoms with E-state index in [4.69, 9.17) is 0 Å². The molecule has 0 spiro atoms. The lowest BCUT2D eigenvalue weighted by atomic mass is 10.3. The van der Waals surface area contributed by atoms with Crippen LogP contribution in [0, 0.1) is 5.92 Å². The van der Waals surface area contributed by atoms with Crippen LogP contribution in [0.15, 0.2) is 21.9 Å². The highest BCUT2D eigenvalue weighted by Gasteiger charge is 1.77. The molecule has 0 atom stereocenters. The molecule has 0 unspecified atom stereocenters. The Morgan fingerprint density at radius 1 is 1.25 bits per heavy atom. The standard InChI is InChI=1S/C4H4N2O2.C4H10/c7-3-1-2-5-4(8)6-3;1-4(2)3/h1-2H,(H2,5,6,7,8);4H,1-3H3. The van der Waals surface area contributed by atoms with Crippen LogP contribution in [-0.2, 0) is 0 Å². The average molecular weight is 170 g/mol. The van der Waals surface area contributed by atoms with Crippen LogP contribution in [0.5, 0.6) is 0 Å². The lowest BCUT2D eigenvalue weighted by Crippen LogP contribution is -2.19. The van der Waals surface area contributed by atoms with Crippen molar-refractivity contribution in [2.24, 2.45) is 5.92 Å². The minimum absolute atomic E-state index is 0.381. The van der Waals surface area contributed by atoms with Gasteiger partial charge in [0.15, 0.2) is 0 Å². The van der Waals surface area contributed by atoms with E-state index >= 15 is 0 Å². The van der Waals surface area contributed by atoms with E-state index in [9.17, 15) is 9.59 Å². The average Bonchev–Trinajstić information content (AvgIpc) is 1.84. The van der Waals surface area contributed by atoms with Gasteiger partial charge in [0.05, 0.1) is 0 Å². The first-order chi connectivity index (χ1) is 5.52. The molecule has 0 radical (unpaired) electrons. The number of nitrogens with one attached hydrogen (secondary N) is 2. The molecular weight excluding hydrogens is 156 g/mol. The smallest absolute Gasteiger partial charge is 0.314 e. The van der Waals surface area contributed by atoms with E-state index in [2.05, 4.69) is 25.8 Å². The lowest BCUT2D eigenvalue weighted by Gasteiger charge is -1.79. The topological polar surface area (TPSA) is 65.7 Å². The van der Waals surface area contributed by atoms with Gasteiger partial charge in [-0.3, -0.25) is 9.78 Å². The molecule has 0 aliphatic carbocycles. The normalized spacial score (nSPS) is 9.00. The molecule has 0 aliphatic heterocycles. The third-order valence-electron chi connectivity index (χ3n) is 0.686. The highest BCUT2D eigenvalue weighted by atomic mass is 16.2. The first kappa shape index (κ1) is 10.7. The van der Waals surface area contributed by atoms with Crippen molar-refractivity contribution in [1.29, 1.82) is 0 Å². The number of hydrogen-bond donors (Lipinski definition) is 2. The molecule has 0 aliphatic rings. The SMILES string of the molecule is CC(C)C.O=c1cc[nH]c(=O)[nH]1. The van der Waals surface area contributed by atoms with Crippen LogP contribution in [0.4, 0.5) is 0 Å². The van der Waals surface area contributed by atoms with Crippen molar-refractivity contribution in [2.75, 3.05) is 0 Å². The zero-order valence-electron chi connectivity index (χ0n) is 7.55. The molecular formula is C8H14N2O2. The predicted molar refractivity (Wildman–Crippen MR) is 48.2 cm³/mol. The number of H-pyrrole nitrogens is 2. The van der Waals surface area contributed by atoms with E-state index in [1.165, 1.54) is 12.3 Å². The summed E-state index contributed by atoms with van der Waals surface area (Å²) in [6, 6.07) is 1.24. The van der Waals surface area contributed by atoms with Crippen molar-refractivity contribution >= 4 is 0 Å². The number of rotatable bonds is 0. The maximum atomic E-state index is 10.2. The molecule has 1 aromatic heterocycles. The monoisotopic (exact) mass is 170 g/mol. The van der Waals surface area contributed by atoms with Gasteiger partial charge in [0.25, 0.3) is 5.56 Å². The number of hydrogen-bond acceptors (Lipinski definition) is 2. The van der Waals surface area contributed by atoms with Crippen LogP contribution in [0.3, 0.4) is 0 Å². The van der Waals surface area contributed by atoms with Gasteiger partial charge in [0, 0.05) is 12.3 Å². The van der Waals surface area contributed by atoms with E-state index in [-0.39, 0.29) is 5.56 Å². The summed E-state index contributed by atoms with van der Waals surface area (Å²) in [6.45, 7) is 6.50. The summed E-state index contributed by atoms with van der Waals surface area (Å²) in [5.41, 5.74) is -0.855. The molecule has 2 N–H and O–H groups in total. The Morgan fingerprint density at radius 2 is 1.75 bits per heavy atom. The van der Waals surface area contributed by atoms with Gasteiger partial charge in [-0.25, -0.2) is 4.79 Å². The predicted octanol–water partition coefficient (Wildman–Crippen LogP) is 0.725. The molecule has 4 nitrogen and oxygen atoms in total. The fraction of sp³-hybridized carbons (Fsp3) is 0.500. The Labute approximate surface area is 70.7 Å². The molecule has 0 bridgehead atoms. The number of aromatic amines is 2. The first-order valence-corrected chi connectivity index (χ1v) is 3.80. The quantitative estimate of drug-likeness (QED) is 0.602. The van der Waals surface area contributed by atoms with Crippen molar-refractivity contribution in [3.63, 3.8) is 0 Å². The molecule has 0 aromatic carbocycles. The summed E-state index contributed by atoms with van der Waals surface area (Å²) in [7, 11) is 0. The van der Waals surface area contributed by atoms with Crippen molar-refractivity contribution in [3.05, 3.63) is 33.1 Å². The van der Waals surface area contributed by atoms with Gasteiger partial charge in [-0.15, -0.1) is 0 Å². The zero-order chi connectivity index (χ0) is 9.56. The zero-order valence-corrected chi connectivity index (χ0v) is 7.55. The van der Waals surface area contributed by atoms with Gasteiger partial charge in [-0.05, 0) is 5.92 Å². The van der Waals surface area contributed by atoms with Crippen LogP contribution in [0.1, 0.15) is 20.8 Å². The van der Waals surface area contributed by atoms with E-state index in [1.54, 1.807) is 0 Å². The molecule has 1 heterocycles. The van der Waals surface area contributed by atoms with Gasteiger partial charge >= 0.3 is 5.69 Å². The van der Waals surface area contributed by atoms with Crippen molar-refractivity contribution in [3.8, 4) is 0 Å². The molecule has 1 rings (SSSR count). The minimum Gasteiger partial charge on any atom is -0.314 e. The molecule has 1 aromatic rings. The molecule has 0 fully saturated rings. The van der Waals surface area contributed by atoms with Crippen molar-refractivity contribution in [2.45, 2.75) is 20.8 Å². The summed E-state index contributed by atoms with van der Waals surface area (Å²) in [5.74, 6) is 0.833. The molecule has 12 heavy (non-hydrogen) atoms. The van der Waals surface area contributed by atoms with E-state index in [0.29, 0.717) is 0 Å². The van der Waals surface area contributed by atoms with Crippen LogP contribution in [0.2, 0.25) is 0 Å². The minimum atomic E-state index is -0.475. The summed E-state index contributed by atoms with van der Waals surface area (Å²) in [5, 5.41) is 0. The maximum Gasteiger partial charge on any atom is 0.325 e. The molecule has 4 heteroatoms. The first-order valence-electron chi connectivity index (χ1n) is 3.80. The van der Waals surface area contributed by atoms with E-state index < -0.39 is 5.69 Å². The number of aromatic nitrogens is 2. The van der Waals surface area contributed by atoms with Crippen LogP contribution in [-0.4, -0.2) is 9.97 Å². The Morgan fingerprint density at radius 3 is 2.00 bits per heavy atom. The van der Waals surface area contributed by atoms with Gasteiger partial charge in [0.2, 0.25) is 0 Å². The van der Waals surface area contributed by atoms with Crippen LogP contribution in [0.25, 0.3) is 0 Å². The Kier molecular flexibility index (Phi) is 4.76. The fourth-order valence-corrected chi connectivity index (χ4v) is 0.383. The van der Waals surface area contributed by atoms with Gasteiger partial charge in [-0.2, -0.15) is 0 Å². The summed E-state index contributed by atoms with van der Waals surface area (Å²) in [4.78, 5) is 24.7. The molecule has 68 valence electrons. The largest absolute Gasteiger partial charge is 0.325 e. The summed E-state index contributed by atoms with van der Waals surface area (Å²) < 4.78 is 0. The van der Waals surface area contributed by atoms with Gasteiger partial charge < -0.3 is 4.98 Å². The third-order valence-corrected chi connectivity index (χ3v) is 0.686. The van der Waals surface area contributed by atoms with Crippen molar-refractivity contribution < 1.29 is 0 Å². The van der Waals surface area contributed by atoms with Crippen molar-refractivity contribution in [1.82, 2.24) is 9.97 Å². The molecule has 0 amide bonds. The molecule has 0 saturated carbocycles. The van der Waals surface area contributed by atoms with Crippen LogP contribution >= 0.6 is 0 Å². The maximum absolute atomic E-state index is 10.2. The second kappa shape index (κ2) is 5.35. The second-order valence-electron chi connectivity index (χ2n) is 3.03. The van der Waals surface area contributed by atoms with E-state index in [0.717, 1.165) is 5.92 Å². The Hall–Kier alpha value is -1.32. The molecule has 0 saturated heterocycles. The summed E-state index contributed by atoms with van der Waals surface area (Å²) in [6.07, 6.45) is 1.29. The van der Waals surface area contributed by atoms with Crippen LogP contribution < -0.4 is 11.2 Å². The fourth-order valence-electron chi connectivity index (χ4n) is 0.383. The lowest BCUT2D eigenvalue weighted by molar-refractivity contribution is 0.737. The highest BCUT2D eigenvalue weighted by molar-refractivity contribution is 4.77. The highest BCUT2D eigenvalue weighted by Crippen LogP contribution is 1.81. The van der Waals surface area contributed by atoms with Gasteiger partial charge in [0.1, 0.15) is 0 Å². The Bertz CT molecular complexity index is 283. The van der Waals surface area contributed by atoms with Gasteiger partial charge in [-0.1, -0.05) is 20.8 Å². The Balaban J connectivity index is 0.000000261. The van der Waals surface area contributed by atoms with E-state index in [1.807, 2.05) is 4.98 Å². The second-order valence-corrected chi connectivity index (χ2v) is 3.03.